The van der Waals surface area contributed by atoms with Crippen molar-refractivity contribution in [1.29, 1.82) is 0 Å². The van der Waals surface area contributed by atoms with Crippen molar-refractivity contribution in [3.05, 3.63) is 64.1 Å². The molecule has 3 aromatic rings. The molecule has 42 heavy (non-hydrogen) atoms. The van der Waals surface area contributed by atoms with Gasteiger partial charge in [0.25, 0.3) is 5.91 Å². The average molecular weight is 590 g/mol. The smallest absolute Gasteiger partial charge is 0.375 e. The molecule has 0 aliphatic carbocycles. The molecule has 1 aromatic carbocycles. The van der Waals surface area contributed by atoms with Gasteiger partial charge in [-0.1, -0.05) is 0 Å². The van der Waals surface area contributed by atoms with Crippen molar-refractivity contribution in [2.24, 2.45) is 0 Å². The molecular formula is C28H31F4N7O3. The molecule has 0 unspecified atom stereocenters. The standard InChI is InChI=1S/C28H31F4N7O3/c1-15-12-39(13-16(2)36-15)24-8-22(29)19(18-9-34-27(35-10-18)38-4-5-42-17(3)14-38)6-23(24)37-26(41)20-11-33-25(40)7-21(20)28(30,31)32/h6-11,15-17,36H,4-5,12-14H2,1-3H3,(H,33,40)(H,37,41)/t15-,16+,17-/m0/s1. The number of hydrogen-bond acceptors (Lipinski definition) is 8. The number of rotatable bonds is 5. The summed E-state index contributed by atoms with van der Waals surface area (Å²) in [7, 11) is 0. The summed E-state index contributed by atoms with van der Waals surface area (Å²) in [6.45, 7) is 8.52. The third kappa shape index (κ3) is 6.39. The summed E-state index contributed by atoms with van der Waals surface area (Å²) in [5.74, 6) is -1.26. The van der Waals surface area contributed by atoms with Gasteiger partial charge in [-0.05, 0) is 32.9 Å². The number of benzene rings is 1. The van der Waals surface area contributed by atoms with Crippen molar-refractivity contribution >= 4 is 23.2 Å². The van der Waals surface area contributed by atoms with Crippen LogP contribution in [0.15, 0.2) is 41.6 Å². The lowest BCUT2D eigenvalue weighted by atomic mass is 10.0. The van der Waals surface area contributed by atoms with E-state index in [-0.39, 0.29) is 29.4 Å². The van der Waals surface area contributed by atoms with Crippen LogP contribution in [0, 0.1) is 5.82 Å². The van der Waals surface area contributed by atoms with Crippen molar-refractivity contribution in [3.8, 4) is 11.1 Å². The number of piperazine rings is 1. The first kappa shape index (κ1) is 29.5. The Balaban J connectivity index is 1.53. The van der Waals surface area contributed by atoms with E-state index in [0.717, 1.165) is 6.20 Å². The number of nitrogens with one attached hydrogen (secondary N) is 3. The molecule has 2 saturated heterocycles. The van der Waals surface area contributed by atoms with Crippen molar-refractivity contribution < 1.29 is 27.1 Å². The number of ether oxygens (including phenoxy) is 1. The van der Waals surface area contributed by atoms with Crippen molar-refractivity contribution in [1.82, 2.24) is 20.3 Å². The number of morpholine rings is 1. The largest absolute Gasteiger partial charge is 0.417 e. The van der Waals surface area contributed by atoms with Crippen LogP contribution < -0.4 is 26.0 Å². The summed E-state index contributed by atoms with van der Waals surface area (Å²) in [5.41, 5.74) is -2.36. The predicted molar refractivity (Wildman–Crippen MR) is 149 cm³/mol. The third-order valence-corrected chi connectivity index (χ3v) is 7.18. The van der Waals surface area contributed by atoms with Gasteiger partial charge >= 0.3 is 6.18 Å². The van der Waals surface area contributed by atoms with E-state index in [1.807, 2.05) is 30.6 Å². The summed E-state index contributed by atoms with van der Waals surface area (Å²) in [5, 5.41) is 5.91. The molecule has 5 rings (SSSR count). The second kappa shape index (κ2) is 11.7. The maximum Gasteiger partial charge on any atom is 0.417 e. The van der Waals surface area contributed by atoms with Gasteiger partial charge in [0.05, 0.1) is 35.2 Å². The summed E-state index contributed by atoms with van der Waals surface area (Å²) in [6, 6.07) is 3.01. The number of anilines is 3. The minimum atomic E-state index is -4.95. The lowest BCUT2D eigenvalue weighted by molar-refractivity contribution is -0.138. The average Bonchev–Trinajstić information content (AvgIpc) is 2.93. The quantitative estimate of drug-likeness (QED) is 0.387. The van der Waals surface area contributed by atoms with Crippen LogP contribution in [-0.2, 0) is 10.9 Å². The molecule has 10 nitrogen and oxygen atoms in total. The summed E-state index contributed by atoms with van der Waals surface area (Å²) < 4.78 is 62.3. The Morgan fingerprint density at radius 3 is 2.38 bits per heavy atom. The lowest BCUT2D eigenvalue weighted by Crippen LogP contribution is -2.54. The predicted octanol–water partition coefficient (Wildman–Crippen LogP) is 3.65. The molecule has 1 amide bonds. The zero-order chi connectivity index (χ0) is 30.2. The number of aromatic amines is 1. The fourth-order valence-corrected chi connectivity index (χ4v) is 5.38. The number of carbonyl (C=O) groups excluding carboxylic acids is 1. The summed E-state index contributed by atoms with van der Waals surface area (Å²) in [4.78, 5) is 39.6. The summed E-state index contributed by atoms with van der Waals surface area (Å²) in [6.07, 6.45) is -1.29. The van der Waals surface area contributed by atoms with Gasteiger partial charge in [0.15, 0.2) is 0 Å². The lowest BCUT2D eigenvalue weighted by Gasteiger charge is -2.38. The van der Waals surface area contributed by atoms with Crippen molar-refractivity contribution in [3.63, 3.8) is 0 Å². The number of halogens is 4. The van der Waals surface area contributed by atoms with Gasteiger partial charge in [0.1, 0.15) is 5.82 Å². The van der Waals surface area contributed by atoms with Crippen LogP contribution in [0.1, 0.15) is 36.7 Å². The SMILES string of the molecule is C[C@@H]1CN(c2cc(F)c(-c3cnc(N4CCO[C@@H](C)C4)nc3)cc2NC(=O)c2c[nH]c(=O)cc2C(F)(F)F)C[C@H](C)N1. The Bertz CT molecular complexity index is 1500. The Kier molecular flexibility index (Phi) is 8.19. The van der Waals surface area contributed by atoms with E-state index in [4.69, 9.17) is 4.74 Å². The molecular weight excluding hydrogens is 558 g/mol. The van der Waals surface area contributed by atoms with Gasteiger partial charge < -0.3 is 30.2 Å². The van der Waals surface area contributed by atoms with Crippen molar-refractivity contribution in [2.45, 2.75) is 45.1 Å². The second-order valence-corrected chi connectivity index (χ2v) is 10.7. The monoisotopic (exact) mass is 589 g/mol. The topological polar surface area (TPSA) is 115 Å². The van der Waals surface area contributed by atoms with Gasteiger partial charge in [0.2, 0.25) is 11.5 Å². The summed E-state index contributed by atoms with van der Waals surface area (Å²) >= 11 is 0. The molecule has 224 valence electrons. The molecule has 2 fully saturated rings. The zero-order valence-corrected chi connectivity index (χ0v) is 23.3. The molecule has 2 aliphatic rings. The molecule has 0 spiro atoms. The maximum atomic E-state index is 15.7. The number of aromatic nitrogens is 3. The van der Waals surface area contributed by atoms with Gasteiger partial charge in [0, 0.05) is 74.0 Å². The highest BCUT2D eigenvalue weighted by molar-refractivity contribution is 6.07. The first-order chi connectivity index (χ1) is 19.9. The minimum absolute atomic E-state index is 0.00825. The first-order valence-corrected chi connectivity index (χ1v) is 13.5. The Morgan fingerprint density at radius 1 is 1.05 bits per heavy atom. The third-order valence-electron chi connectivity index (χ3n) is 7.18. The molecule has 4 heterocycles. The second-order valence-electron chi connectivity index (χ2n) is 10.7. The molecule has 3 atom stereocenters. The van der Waals surface area contributed by atoms with Crippen LogP contribution >= 0.6 is 0 Å². The van der Waals surface area contributed by atoms with Crippen LogP contribution in [0.3, 0.4) is 0 Å². The molecule has 0 saturated carbocycles. The van der Waals surface area contributed by atoms with E-state index in [1.165, 1.54) is 24.5 Å². The van der Waals surface area contributed by atoms with Crippen LogP contribution in [0.4, 0.5) is 34.9 Å². The van der Waals surface area contributed by atoms with Crippen LogP contribution in [-0.4, -0.2) is 71.8 Å². The maximum absolute atomic E-state index is 15.7. The molecule has 0 radical (unpaired) electrons. The molecule has 2 aromatic heterocycles. The number of nitrogens with zero attached hydrogens (tertiary/aromatic N) is 4. The number of carbonyl (C=O) groups is 1. The number of H-pyrrole nitrogens is 1. The van der Waals surface area contributed by atoms with E-state index in [9.17, 15) is 22.8 Å². The van der Waals surface area contributed by atoms with Crippen LogP contribution in [0.2, 0.25) is 0 Å². The van der Waals surface area contributed by atoms with Gasteiger partial charge in [-0.15, -0.1) is 0 Å². The normalized spacial score (nSPS) is 21.4. The fourth-order valence-electron chi connectivity index (χ4n) is 5.38. The Morgan fingerprint density at radius 2 is 1.74 bits per heavy atom. The number of pyridine rings is 1. The van der Waals surface area contributed by atoms with Gasteiger partial charge in [-0.2, -0.15) is 13.2 Å². The fraction of sp³-hybridized carbons (Fsp3) is 0.429. The van der Waals surface area contributed by atoms with E-state index in [1.54, 1.807) is 0 Å². The van der Waals surface area contributed by atoms with Crippen molar-refractivity contribution in [2.75, 3.05) is 47.9 Å². The van der Waals surface area contributed by atoms with E-state index in [0.29, 0.717) is 56.1 Å². The zero-order valence-electron chi connectivity index (χ0n) is 23.3. The number of alkyl halides is 3. The van der Waals surface area contributed by atoms with Gasteiger partial charge in [-0.25, -0.2) is 14.4 Å². The van der Waals surface area contributed by atoms with E-state index >= 15 is 4.39 Å². The molecule has 2 aliphatic heterocycles. The van der Waals surface area contributed by atoms with Crippen LogP contribution in [0.25, 0.3) is 11.1 Å². The first-order valence-electron chi connectivity index (χ1n) is 13.5. The highest BCUT2D eigenvalue weighted by Crippen LogP contribution is 2.36. The Labute approximate surface area is 239 Å². The highest BCUT2D eigenvalue weighted by atomic mass is 19.4. The molecule has 0 bridgehead atoms. The molecule has 14 heteroatoms. The highest BCUT2D eigenvalue weighted by Gasteiger charge is 2.36. The van der Waals surface area contributed by atoms with E-state index < -0.39 is 34.6 Å². The minimum Gasteiger partial charge on any atom is -0.375 e. The van der Waals surface area contributed by atoms with Gasteiger partial charge in [-0.3, -0.25) is 9.59 Å². The Hall–Kier alpha value is -4.04. The number of amides is 1. The van der Waals surface area contributed by atoms with Crippen LogP contribution in [0.5, 0.6) is 0 Å². The van der Waals surface area contributed by atoms with E-state index in [2.05, 4.69) is 25.6 Å². The number of hydrogen-bond donors (Lipinski definition) is 3. The molecule has 3 N–H and O–H groups in total.